The zero-order valence-electron chi connectivity index (χ0n) is 11.9. The topological polar surface area (TPSA) is 47.6 Å². The average Bonchev–Trinajstić information content (AvgIpc) is 2.19. The van der Waals surface area contributed by atoms with Gasteiger partial charge < -0.3 is 14.5 Å². The first-order valence-corrected chi connectivity index (χ1v) is 10.7. The number of halogens is 1. The van der Waals surface area contributed by atoms with Crippen molar-refractivity contribution in [1.29, 1.82) is 0 Å². The predicted octanol–water partition coefficient (Wildman–Crippen LogP) is 2.67. The summed E-state index contributed by atoms with van der Waals surface area (Å²) in [6.45, 7) is 11.8. The minimum atomic E-state index is -1.71. The zero-order valence-corrected chi connectivity index (χ0v) is 15.0. The van der Waals surface area contributed by atoms with E-state index >= 15 is 0 Å². The normalized spacial score (nSPS) is 22.3. The van der Waals surface area contributed by atoms with Crippen LogP contribution in [0.1, 0.15) is 27.2 Å². The van der Waals surface area contributed by atoms with E-state index in [2.05, 4.69) is 61.8 Å². The Morgan fingerprint density at radius 2 is 2.06 bits per heavy atom. The van der Waals surface area contributed by atoms with Crippen LogP contribution in [-0.2, 0) is 14.0 Å². The molecule has 6 heteroatoms. The maximum absolute atomic E-state index is 10.8. The van der Waals surface area contributed by atoms with Gasteiger partial charge in [0.25, 0.3) is 0 Å². The number of carbonyl (C=O) groups excluding carboxylic acids is 1. The number of rotatable bonds is 6. The first-order chi connectivity index (χ1) is 8.15. The van der Waals surface area contributed by atoms with Gasteiger partial charge in [-0.2, -0.15) is 0 Å². The third kappa shape index (κ3) is 4.46. The summed E-state index contributed by atoms with van der Waals surface area (Å²) in [5, 5.41) is 2.94. The number of ether oxygens (including phenoxy) is 1. The molecule has 0 saturated carbocycles. The fourth-order valence-corrected chi connectivity index (χ4v) is 2.78. The lowest BCUT2D eigenvalue weighted by Gasteiger charge is -2.38. The first-order valence-electron chi connectivity index (χ1n) is 6.30. The smallest absolute Gasteiger partial charge is 0.226 e. The molecule has 1 amide bonds. The molecule has 18 heavy (non-hydrogen) atoms. The molecule has 1 saturated heterocycles. The van der Waals surface area contributed by atoms with Crippen molar-refractivity contribution in [2.75, 3.05) is 11.0 Å². The van der Waals surface area contributed by atoms with Gasteiger partial charge in [-0.25, -0.2) is 0 Å². The number of nitrogens with one attached hydrogen (secondary N) is 1. The van der Waals surface area contributed by atoms with E-state index in [0.29, 0.717) is 13.0 Å². The molecule has 0 aliphatic carbocycles. The van der Waals surface area contributed by atoms with Crippen molar-refractivity contribution >= 4 is 36.8 Å². The minimum absolute atomic E-state index is 0.0605. The fraction of sp³-hybridized carbons (Fsp3) is 0.917. The van der Waals surface area contributed by atoms with Gasteiger partial charge in [0, 0.05) is 4.43 Å². The van der Waals surface area contributed by atoms with E-state index in [-0.39, 0.29) is 23.3 Å². The highest BCUT2D eigenvalue weighted by molar-refractivity contribution is 14.1. The highest BCUT2D eigenvalue weighted by Crippen LogP contribution is 2.36. The molecular weight excluding hydrogens is 361 g/mol. The number of amides is 1. The van der Waals surface area contributed by atoms with E-state index in [1.54, 1.807) is 0 Å². The molecule has 106 valence electrons. The van der Waals surface area contributed by atoms with Crippen molar-refractivity contribution in [1.82, 2.24) is 5.32 Å². The van der Waals surface area contributed by atoms with Gasteiger partial charge in [-0.1, -0.05) is 43.4 Å². The molecule has 2 atom stereocenters. The van der Waals surface area contributed by atoms with Crippen molar-refractivity contribution in [3.8, 4) is 0 Å². The molecule has 4 nitrogen and oxygen atoms in total. The third-order valence-corrected chi connectivity index (χ3v) is 9.14. The third-order valence-electron chi connectivity index (χ3n) is 3.66. The maximum Gasteiger partial charge on any atom is 0.226 e. The van der Waals surface area contributed by atoms with Crippen LogP contribution in [0, 0.1) is 0 Å². The van der Waals surface area contributed by atoms with Crippen molar-refractivity contribution in [2.24, 2.45) is 0 Å². The number of β-lactam (4-membered cyclic amide) rings is 1. The SMILES string of the molecule is CC(C)(C)[Si](C)(C)OC[C@@H](CI)O[C@H]1CC(=O)N1. The van der Waals surface area contributed by atoms with Gasteiger partial charge in [0.05, 0.1) is 19.1 Å². The second-order valence-electron chi connectivity index (χ2n) is 6.24. The zero-order chi connectivity index (χ0) is 14.0. The predicted molar refractivity (Wildman–Crippen MR) is 83.5 cm³/mol. The van der Waals surface area contributed by atoms with Crippen LogP contribution in [-0.4, -0.2) is 37.6 Å². The second kappa shape index (κ2) is 6.19. The summed E-state index contributed by atoms with van der Waals surface area (Å²) in [7, 11) is -1.71. The van der Waals surface area contributed by atoms with Crippen LogP contribution in [0.25, 0.3) is 0 Å². The lowest BCUT2D eigenvalue weighted by Crippen LogP contribution is -2.52. The fourth-order valence-electron chi connectivity index (χ4n) is 1.28. The Kier molecular flexibility index (Phi) is 5.64. The number of alkyl halides is 1. The van der Waals surface area contributed by atoms with Gasteiger partial charge in [0.15, 0.2) is 8.32 Å². The van der Waals surface area contributed by atoms with Gasteiger partial charge in [-0.05, 0) is 18.1 Å². The van der Waals surface area contributed by atoms with E-state index in [9.17, 15) is 4.79 Å². The summed E-state index contributed by atoms with van der Waals surface area (Å²) < 4.78 is 12.8. The van der Waals surface area contributed by atoms with Gasteiger partial charge in [0.1, 0.15) is 6.23 Å². The summed E-state index contributed by atoms with van der Waals surface area (Å²) in [5.41, 5.74) is 0. The standard InChI is InChI=1S/C12H24INO3Si/c1-12(2,3)18(4,5)16-8-9(7-13)17-11-6-10(15)14-11/h9,11H,6-8H2,1-5H3,(H,14,15)/t9-,11+/m1/s1. The molecule has 0 spiro atoms. The molecule has 1 heterocycles. The largest absolute Gasteiger partial charge is 0.414 e. The van der Waals surface area contributed by atoms with Crippen LogP contribution in [0.3, 0.4) is 0 Å². The Labute approximate surface area is 124 Å². The van der Waals surface area contributed by atoms with E-state index in [0.717, 1.165) is 4.43 Å². The molecule has 1 N–H and O–H groups in total. The Morgan fingerprint density at radius 3 is 2.44 bits per heavy atom. The molecule has 1 aliphatic rings. The van der Waals surface area contributed by atoms with Crippen molar-refractivity contribution in [3.05, 3.63) is 0 Å². The molecule has 0 aromatic carbocycles. The maximum atomic E-state index is 10.8. The molecular formula is C12H24INO3Si. The highest BCUT2D eigenvalue weighted by Gasteiger charge is 2.38. The number of hydrogen-bond acceptors (Lipinski definition) is 3. The van der Waals surface area contributed by atoms with Gasteiger partial charge in [-0.3, -0.25) is 4.79 Å². The summed E-state index contributed by atoms with van der Waals surface area (Å²) in [6.07, 6.45) is 0.429. The Morgan fingerprint density at radius 1 is 1.50 bits per heavy atom. The number of hydrogen-bond donors (Lipinski definition) is 1. The number of carbonyl (C=O) groups is 1. The molecule has 0 aromatic rings. The minimum Gasteiger partial charge on any atom is -0.414 e. The van der Waals surface area contributed by atoms with Crippen molar-refractivity contribution in [3.63, 3.8) is 0 Å². The Hall–Kier alpha value is 0.337. The van der Waals surface area contributed by atoms with Gasteiger partial charge in [0.2, 0.25) is 5.91 Å². The second-order valence-corrected chi connectivity index (χ2v) is 11.9. The summed E-state index contributed by atoms with van der Waals surface area (Å²) in [5.74, 6) is 0.0672. The molecule has 0 aromatic heterocycles. The van der Waals surface area contributed by atoms with E-state index < -0.39 is 8.32 Å². The van der Waals surface area contributed by atoms with Crippen LogP contribution in [0.5, 0.6) is 0 Å². The summed E-state index contributed by atoms with van der Waals surface area (Å²) >= 11 is 2.30. The lowest BCUT2D eigenvalue weighted by atomic mass is 10.2. The Bertz CT molecular complexity index is 296. The van der Waals surface area contributed by atoms with Crippen LogP contribution in [0.15, 0.2) is 0 Å². The highest BCUT2D eigenvalue weighted by atomic mass is 127. The van der Waals surface area contributed by atoms with Crippen molar-refractivity contribution < 1.29 is 14.0 Å². The summed E-state index contributed by atoms with van der Waals surface area (Å²) in [4.78, 5) is 10.8. The molecule has 1 rings (SSSR count). The lowest BCUT2D eigenvalue weighted by molar-refractivity contribution is -0.146. The molecule has 0 bridgehead atoms. The molecule has 0 unspecified atom stereocenters. The van der Waals surface area contributed by atoms with E-state index in [1.165, 1.54) is 0 Å². The monoisotopic (exact) mass is 385 g/mol. The van der Waals surface area contributed by atoms with E-state index in [4.69, 9.17) is 9.16 Å². The summed E-state index contributed by atoms with van der Waals surface area (Å²) in [6, 6.07) is 0. The quantitative estimate of drug-likeness (QED) is 0.331. The van der Waals surface area contributed by atoms with Gasteiger partial charge >= 0.3 is 0 Å². The molecule has 0 radical (unpaired) electrons. The molecule has 1 fully saturated rings. The average molecular weight is 385 g/mol. The van der Waals surface area contributed by atoms with E-state index in [1.807, 2.05) is 0 Å². The molecule has 1 aliphatic heterocycles. The van der Waals surface area contributed by atoms with Crippen LogP contribution >= 0.6 is 22.6 Å². The van der Waals surface area contributed by atoms with Crippen LogP contribution in [0.4, 0.5) is 0 Å². The van der Waals surface area contributed by atoms with Crippen molar-refractivity contribution in [2.45, 2.75) is 57.7 Å². The van der Waals surface area contributed by atoms with Crippen LogP contribution in [0.2, 0.25) is 18.1 Å². The van der Waals surface area contributed by atoms with Crippen LogP contribution < -0.4 is 5.32 Å². The van der Waals surface area contributed by atoms with Gasteiger partial charge in [-0.15, -0.1) is 0 Å². The first kappa shape index (κ1) is 16.4. The Balaban J connectivity index is 2.37.